The van der Waals surface area contributed by atoms with Gasteiger partial charge in [0.05, 0.1) is 12.2 Å². The number of carbonyl (C=O) groups excluding carboxylic acids is 1. The maximum Gasteiger partial charge on any atom is 0.339 e. The van der Waals surface area contributed by atoms with Gasteiger partial charge >= 0.3 is 5.97 Å². The molecule has 4 nitrogen and oxygen atoms in total. The van der Waals surface area contributed by atoms with Crippen molar-refractivity contribution >= 4 is 29.2 Å². The van der Waals surface area contributed by atoms with Crippen LogP contribution < -0.4 is 0 Å². The second-order valence-corrected chi connectivity index (χ2v) is 3.64. The summed E-state index contributed by atoms with van der Waals surface area (Å²) in [6.45, 7) is 2.12. The number of hydrogen-bond acceptors (Lipinski definition) is 4. The fourth-order valence-corrected chi connectivity index (χ4v) is 1.53. The first-order chi connectivity index (χ1) is 7.70. The lowest BCUT2D eigenvalue weighted by molar-refractivity contribution is 0.0526. The highest BCUT2D eigenvalue weighted by Gasteiger charge is 2.07. The van der Waals surface area contributed by atoms with Crippen molar-refractivity contribution in [3.63, 3.8) is 0 Å². The standard InChI is InChI=1S/C11H10N2O2S/c1-2-15-11(14)8-5-7-3-4-9(16)13-10(7)12-6-8/h3-6H,2H2,1H3,(H,12,13,16). The monoisotopic (exact) mass is 234 g/mol. The van der Waals surface area contributed by atoms with Crippen molar-refractivity contribution in [2.75, 3.05) is 6.61 Å². The van der Waals surface area contributed by atoms with Gasteiger partial charge < -0.3 is 9.72 Å². The lowest BCUT2D eigenvalue weighted by Crippen LogP contribution is -2.05. The highest BCUT2D eigenvalue weighted by atomic mass is 32.1. The van der Waals surface area contributed by atoms with Gasteiger partial charge in [-0.25, -0.2) is 9.78 Å². The van der Waals surface area contributed by atoms with Gasteiger partial charge in [0.1, 0.15) is 10.3 Å². The fourth-order valence-electron chi connectivity index (χ4n) is 1.36. The van der Waals surface area contributed by atoms with Crippen LogP contribution in [0.3, 0.4) is 0 Å². The third kappa shape index (κ3) is 2.09. The molecule has 0 amide bonds. The molecule has 1 N–H and O–H groups in total. The summed E-state index contributed by atoms with van der Waals surface area (Å²) in [6, 6.07) is 5.31. The number of pyridine rings is 2. The van der Waals surface area contributed by atoms with Gasteiger partial charge in [0.2, 0.25) is 0 Å². The Balaban J connectivity index is 2.48. The topological polar surface area (TPSA) is 55.0 Å². The van der Waals surface area contributed by atoms with Crippen molar-refractivity contribution in [3.05, 3.63) is 34.6 Å². The molecule has 0 aliphatic carbocycles. The highest BCUT2D eigenvalue weighted by molar-refractivity contribution is 7.71. The minimum atomic E-state index is -0.362. The van der Waals surface area contributed by atoms with E-state index in [-0.39, 0.29) is 5.97 Å². The minimum Gasteiger partial charge on any atom is -0.462 e. The Labute approximate surface area is 97.3 Å². The van der Waals surface area contributed by atoms with Gasteiger partial charge in [-0.15, -0.1) is 0 Å². The van der Waals surface area contributed by atoms with E-state index in [9.17, 15) is 4.79 Å². The SMILES string of the molecule is CCOC(=O)c1cnc2[nH]c(=S)ccc2c1. The second kappa shape index (κ2) is 4.40. The first kappa shape index (κ1) is 10.8. The van der Waals surface area contributed by atoms with Gasteiger partial charge in [0.25, 0.3) is 0 Å². The molecule has 2 aromatic rings. The third-order valence-electron chi connectivity index (χ3n) is 2.08. The molecule has 0 unspecified atom stereocenters. The molecule has 0 radical (unpaired) electrons. The number of aromatic amines is 1. The number of fused-ring (bicyclic) bond motifs is 1. The minimum absolute atomic E-state index is 0.355. The smallest absolute Gasteiger partial charge is 0.339 e. The van der Waals surface area contributed by atoms with E-state index in [2.05, 4.69) is 9.97 Å². The predicted octanol–water partition coefficient (Wildman–Crippen LogP) is 2.47. The maximum atomic E-state index is 11.5. The molecular formula is C11H10N2O2S. The zero-order valence-electron chi connectivity index (χ0n) is 8.69. The number of aromatic nitrogens is 2. The van der Waals surface area contributed by atoms with Crippen LogP contribution in [0.1, 0.15) is 17.3 Å². The molecule has 82 valence electrons. The average molecular weight is 234 g/mol. The molecule has 0 spiro atoms. The molecule has 2 rings (SSSR count). The van der Waals surface area contributed by atoms with Crippen molar-refractivity contribution in [3.8, 4) is 0 Å². The Morgan fingerprint density at radius 3 is 3.12 bits per heavy atom. The van der Waals surface area contributed by atoms with Gasteiger partial charge in [-0.05, 0) is 25.1 Å². The summed E-state index contributed by atoms with van der Waals surface area (Å²) >= 11 is 4.98. The number of esters is 1. The van der Waals surface area contributed by atoms with Crippen LogP contribution in [0.2, 0.25) is 0 Å². The van der Waals surface area contributed by atoms with Crippen LogP contribution in [-0.2, 0) is 4.74 Å². The first-order valence-corrected chi connectivity index (χ1v) is 5.27. The molecule has 2 heterocycles. The van der Waals surface area contributed by atoms with Crippen molar-refractivity contribution in [1.82, 2.24) is 9.97 Å². The van der Waals surface area contributed by atoms with Crippen molar-refractivity contribution in [1.29, 1.82) is 0 Å². The van der Waals surface area contributed by atoms with Gasteiger partial charge in [0.15, 0.2) is 0 Å². The summed E-state index contributed by atoms with van der Waals surface area (Å²) < 4.78 is 5.51. The zero-order valence-corrected chi connectivity index (χ0v) is 9.50. The van der Waals surface area contributed by atoms with Crippen LogP contribution in [0, 0.1) is 4.64 Å². The number of H-pyrrole nitrogens is 1. The van der Waals surface area contributed by atoms with Crippen LogP contribution in [0.4, 0.5) is 0 Å². The molecular weight excluding hydrogens is 224 g/mol. The normalized spacial score (nSPS) is 10.3. The van der Waals surface area contributed by atoms with E-state index in [0.29, 0.717) is 22.5 Å². The Morgan fingerprint density at radius 1 is 1.56 bits per heavy atom. The molecule has 16 heavy (non-hydrogen) atoms. The molecule has 0 fully saturated rings. The molecule has 0 aliphatic rings. The largest absolute Gasteiger partial charge is 0.462 e. The van der Waals surface area contributed by atoms with Crippen molar-refractivity contribution in [2.24, 2.45) is 0 Å². The van der Waals surface area contributed by atoms with Crippen LogP contribution in [0.15, 0.2) is 24.4 Å². The number of nitrogens with zero attached hydrogens (tertiary/aromatic N) is 1. The Morgan fingerprint density at radius 2 is 2.38 bits per heavy atom. The number of nitrogens with one attached hydrogen (secondary N) is 1. The summed E-state index contributed by atoms with van der Waals surface area (Å²) in [5, 5.41) is 0.833. The van der Waals surface area contributed by atoms with Crippen molar-refractivity contribution < 1.29 is 9.53 Å². The molecule has 0 atom stereocenters. The van der Waals surface area contributed by atoms with E-state index in [1.165, 1.54) is 6.20 Å². The third-order valence-corrected chi connectivity index (χ3v) is 2.32. The van der Waals surface area contributed by atoms with Gasteiger partial charge in [-0.3, -0.25) is 0 Å². The fraction of sp³-hybridized carbons (Fsp3) is 0.182. The Kier molecular flexibility index (Phi) is 2.96. The summed E-state index contributed by atoms with van der Waals surface area (Å²) in [5.74, 6) is -0.362. The van der Waals surface area contributed by atoms with Crippen molar-refractivity contribution in [2.45, 2.75) is 6.92 Å². The predicted molar refractivity (Wildman–Crippen MR) is 62.9 cm³/mol. The van der Waals surface area contributed by atoms with Gasteiger partial charge in [-0.1, -0.05) is 12.2 Å². The van der Waals surface area contributed by atoms with Gasteiger partial charge in [0, 0.05) is 11.6 Å². The van der Waals surface area contributed by atoms with Crippen LogP contribution in [-0.4, -0.2) is 22.5 Å². The summed E-state index contributed by atoms with van der Waals surface area (Å²) in [7, 11) is 0. The zero-order chi connectivity index (χ0) is 11.5. The lowest BCUT2D eigenvalue weighted by atomic mass is 10.2. The molecule has 0 aliphatic heterocycles. The first-order valence-electron chi connectivity index (χ1n) is 4.87. The average Bonchev–Trinajstić information content (AvgIpc) is 2.28. The van der Waals surface area contributed by atoms with E-state index < -0.39 is 0 Å². The molecule has 2 aromatic heterocycles. The molecule has 0 bridgehead atoms. The van der Waals surface area contributed by atoms with Crippen LogP contribution >= 0.6 is 12.2 Å². The number of rotatable bonds is 2. The quantitative estimate of drug-likeness (QED) is 0.640. The number of carbonyl (C=O) groups is 1. The highest BCUT2D eigenvalue weighted by Crippen LogP contribution is 2.11. The van der Waals surface area contributed by atoms with E-state index in [4.69, 9.17) is 17.0 Å². The molecule has 0 saturated carbocycles. The second-order valence-electron chi connectivity index (χ2n) is 3.20. The van der Waals surface area contributed by atoms with E-state index >= 15 is 0 Å². The lowest BCUT2D eigenvalue weighted by Gasteiger charge is -2.02. The number of hydrogen-bond donors (Lipinski definition) is 1. The van der Waals surface area contributed by atoms with E-state index in [1.54, 1.807) is 19.1 Å². The summed E-state index contributed by atoms with van der Waals surface area (Å²) in [4.78, 5) is 18.5. The Hall–Kier alpha value is -1.75. The molecule has 5 heteroatoms. The van der Waals surface area contributed by atoms with Crippen LogP contribution in [0.25, 0.3) is 11.0 Å². The Bertz CT molecular complexity index is 592. The van der Waals surface area contributed by atoms with Crippen LogP contribution in [0.5, 0.6) is 0 Å². The number of ether oxygens (including phenoxy) is 1. The summed E-state index contributed by atoms with van der Waals surface area (Å²) in [6.07, 6.45) is 1.48. The molecule has 0 aromatic carbocycles. The molecule has 0 saturated heterocycles. The van der Waals surface area contributed by atoms with Gasteiger partial charge in [-0.2, -0.15) is 0 Å². The van der Waals surface area contributed by atoms with E-state index in [1.807, 2.05) is 6.07 Å². The van der Waals surface area contributed by atoms with E-state index in [0.717, 1.165) is 5.39 Å². The summed E-state index contributed by atoms with van der Waals surface area (Å²) in [5.41, 5.74) is 1.11. The maximum absolute atomic E-state index is 11.5.